The van der Waals surface area contributed by atoms with Gasteiger partial charge in [-0.05, 0) is 37.3 Å². The maximum Gasteiger partial charge on any atom is 0.347 e. The van der Waals surface area contributed by atoms with Crippen LogP contribution in [-0.4, -0.2) is 31.4 Å². The molecule has 2 aliphatic rings. The van der Waals surface area contributed by atoms with Crippen LogP contribution in [-0.2, 0) is 19.6 Å². The van der Waals surface area contributed by atoms with Crippen molar-refractivity contribution in [3.8, 4) is 0 Å². The van der Waals surface area contributed by atoms with Crippen molar-refractivity contribution in [1.29, 1.82) is 0 Å². The number of hydrazine groups is 1. The maximum atomic E-state index is 12.3. The Balaban J connectivity index is 1.59. The summed E-state index contributed by atoms with van der Waals surface area (Å²) in [6, 6.07) is 4.73. The van der Waals surface area contributed by atoms with E-state index in [9.17, 15) is 27.9 Å². The highest BCUT2D eigenvalue weighted by atomic mass is 32.2. The summed E-state index contributed by atoms with van der Waals surface area (Å²) in [6.07, 6.45) is 4.17. The van der Waals surface area contributed by atoms with Gasteiger partial charge in [-0.2, -0.15) is 0 Å². The van der Waals surface area contributed by atoms with Gasteiger partial charge < -0.3 is 5.11 Å². The summed E-state index contributed by atoms with van der Waals surface area (Å²) in [4.78, 5) is 35.5. The zero-order chi connectivity index (χ0) is 19.8. The van der Waals surface area contributed by atoms with Crippen LogP contribution in [0.4, 0.5) is 4.79 Å². The number of benzene rings is 1. The number of hydrogen-bond donors (Lipinski definition) is 4. The molecule has 0 radical (unpaired) electrons. The van der Waals surface area contributed by atoms with E-state index in [1.165, 1.54) is 12.1 Å². The van der Waals surface area contributed by atoms with Crippen LogP contribution < -0.4 is 15.6 Å². The van der Waals surface area contributed by atoms with Crippen molar-refractivity contribution in [2.45, 2.75) is 18.2 Å². The molecule has 144 valence electrons. The van der Waals surface area contributed by atoms with Crippen molar-refractivity contribution in [2.75, 3.05) is 0 Å². The first-order chi connectivity index (χ1) is 12.7. The molecule has 0 saturated heterocycles. The van der Waals surface area contributed by atoms with Gasteiger partial charge in [0.1, 0.15) is 0 Å². The third kappa shape index (κ3) is 3.80. The third-order valence-electron chi connectivity index (χ3n) is 4.90. The highest BCUT2D eigenvalue weighted by Crippen LogP contribution is 2.48. The first kappa shape index (κ1) is 18.9. The minimum Gasteiger partial charge on any atom is -0.481 e. The van der Waals surface area contributed by atoms with Gasteiger partial charge in [0.25, 0.3) is 10.0 Å². The number of urea groups is 1. The van der Waals surface area contributed by atoms with Crippen molar-refractivity contribution in [2.24, 2.45) is 23.7 Å². The van der Waals surface area contributed by atoms with E-state index < -0.39 is 39.8 Å². The van der Waals surface area contributed by atoms with Gasteiger partial charge in [-0.25, -0.2) is 23.4 Å². The number of aryl methyl sites for hydroxylation is 1. The normalized spacial score (nSPS) is 25.8. The Morgan fingerprint density at radius 1 is 1.00 bits per heavy atom. The number of carboxylic acids is 1. The zero-order valence-electron chi connectivity index (χ0n) is 14.4. The van der Waals surface area contributed by atoms with E-state index in [1.54, 1.807) is 35.9 Å². The zero-order valence-corrected chi connectivity index (χ0v) is 15.2. The van der Waals surface area contributed by atoms with E-state index in [2.05, 4.69) is 5.43 Å². The molecule has 9 nitrogen and oxygen atoms in total. The fourth-order valence-electron chi connectivity index (χ4n) is 3.64. The number of carbonyl (C=O) groups excluding carboxylic acids is 2. The summed E-state index contributed by atoms with van der Waals surface area (Å²) in [5.41, 5.74) is 4.94. The van der Waals surface area contributed by atoms with E-state index in [1.807, 2.05) is 5.43 Å². The summed E-state index contributed by atoms with van der Waals surface area (Å²) < 4.78 is 26.0. The van der Waals surface area contributed by atoms with Crippen molar-refractivity contribution >= 4 is 27.9 Å². The topological polar surface area (TPSA) is 142 Å². The van der Waals surface area contributed by atoms with Crippen LogP contribution >= 0.6 is 0 Å². The number of allylic oxidation sites excluding steroid dienone is 2. The number of rotatable bonds is 4. The molecule has 10 heteroatoms. The average Bonchev–Trinajstić information content (AvgIpc) is 3.21. The maximum absolute atomic E-state index is 12.3. The number of aliphatic carboxylic acids is 1. The summed E-state index contributed by atoms with van der Waals surface area (Å²) in [7, 11) is -4.09. The lowest BCUT2D eigenvalue weighted by Crippen LogP contribution is -2.52. The van der Waals surface area contributed by atoms with E-state index in [0.717, 1.165) is 5.56 Å². The van der Waals surface area contributed by atoms with Gasteiger partial charge >= 0.3 is 12.0 Å². The first-order valence-electron chi connectivity index (χ1n) is 8.29. The van der Waals surface area contributed by atoms with E-state index >= 15 is 0 Å². The molecule has 0 spiro atoms. The van der Waals surface area contributed by atoms with Crippen LogP contribution in [0, 0.1) is 30.6 Å². The Hall–Kier alpha value is -2.88. The number of nitrogens with one attached hydrogen (secondary N) is 3. The van der Waals surface area contributed by atoms with Gasteiger partial charge in [-0.3, -0.25) is 15.0 Å². The number of carboxylic acid groups (broad SMARTS) is 1. The molecule has 2 aliphatic carbocycles. The van der Waals surface area contributed by atoms with Gasteiger partial charge in [-0.15, -0.1) is 0 Å². The molecule has 1 aromatic rings. The molecule has 0 unspecified atom stereocenters. The van der Waals surface area contributed by atoms with Crippen molar-refractivity contribution < 1.29 is 27.9 Å². The van der Waals surface area contributed by atoms with Crippen LogP contribution in [0.15, 0.2) is 41.3 Å². The summed E-state index contributed by atoms with van der Waals surface area (Å²) in [6.45, 7) is 1.79. The number of carbonyl (C=O) groups is 3. The third-order valence-corrected chi connectivity index (χ3v) is 6.25. The van der Waals surface area contributed by atoms with E-state index in [-0.39, 0.29) is 16.7 Å². The van der Waals surface area contributed by atoms with Crippen LogP contribution in [0.1, 0.15) is 12.0 Å². The molecule has 1 aromatic carbocycles. The molecular formula is C17H19N3O6S. The Kier molecular flexibility index (Phi) is 4.92. The Morgan fingerprint density at radius 2 is 1.59 bits per heavy atom. The average molecular weight is 393 g/mol. The Bertz CT molecular complexity index is 909. The van der Waals surface area contributed by atoms with E-state index in [4.69, 9.17) is 0 Å². The monoisotopic (exact) mass is 393 g/mol. The van der Waals surface area contributed by atoms with Gasteiger partial charge in [-0.1, -0.05) is 29.8 Å². The van der Waals surface area contributed by atoms with Crippen molar-refractivity contribution in [3.05, 3.63) is 42.0 Å². The second kappa shape index (κ2) is 7.03. The molecule has 0 heterocycles. The van der Waals surface area contributed by atoms with Crippen molar-refractivity contribution in [3.63, 3.8) is 0 Å². The molecule has 27 heavy (non-hydrogen) atoms. The summed E-state index contributed by atoms with van der Waals surface area (Å²) in [5.74, 6) is -3.83. The molecule has 4 N–H and O–H groups in total. The molecule has 0 aliphatic heterocycles. The molecule has 0 aromatic heterocycles. The highest BCUT2D eigenvalue weighted by Gasteiger charge is 2.51. The van der Waals surface area contributed by atoms with Crippen LogP contribution in [0.25, 0.3) is 0 Å². The minimum absolute atomic E-state index is 0.0984. The lowest BCUT2D eigenvalue weighted by Gasteiger charge is -2.23. The summed E-state index contributed by atoms with van der Waals surface area (Å²) >= 11 is 0. The standard InChI is InChI=1S/C17H19N3O6S/c1-9-2-6-12(7-3-9)27(25,26)20-17(24)19-18-15(21)13-10-4-5-11(8-10)14(13)16(22)23/h2-7,10-11,13-14H,8H2,1H3,(H,18,21)(H,22,23)(H2,19,20,24)/t10-,11-,13+,14+/m0/s1. The number of fused-ring (bicyclic) bond motifs is 2. The SMILES string of the molecule is Cc1ccc(S(=O)(=O)NC(=O)NNC(=O)[C@H]2[C@H](C(=O)O)[C@H]3C=C[C@H]2C3)cc1. The van der Waals surface area contributed by atoms with Gasteiger partial charge in [0.05, 0.1) is 16.7 Å². The quantitative estimate of drug-likeness (QED) is 0.434. The Morgan fingerprint density at radius 3 is 2.19 bits per heavy atom. The second-order valence-electron chi connectivity index (χ2n) is 6.70. The molecule has 3 amide bonds. The highest BCUT2D eigenvalue weighted by molar-refractivity contribution is 7.90. The van der Waals surface area contributed by atoms with Crippen LogP contribution in [0.3, 0.4) is 0 Å². The molecular weight excluding hydrogens is 374 g/mol. The minimum atomic E-state index is -4.09. The van der Waals surface area contributed by atoms with Crippen LogP contribution in [0.2, 0.25) is 0 Å². The largest absolute Gasteiger partial charge is 0.481 e. The molecule has 2 bridgehead atoms. The summed E-state index contributed by atoms with van der Waals surface area (Å²) in [5, 5.41) is 9.34. The Labute approximate surface area is 155 Å². The van der Waals surface area contributed by atoms with Crippen LogP contribution in [0.5, 0.6) is 0 Å². The first-order valence-corrected chi connectivity index (χ1v) is 9.78. The predicted octanol–water partition coefficient (Wildman–Crippen LogP) is 0.537. The van der Waals surface area contributed by atoms with Gasteiger partial charge in [0, 0.05) is 0 Å². The number of hydrogen-bond acceptors (Lipinski definition) is 5. The molecule has 1 saturated carbocycles. The predicted molar refractivity (Wildman–Crippen MR) is 93.5 cm³/mol. The lowest BCUT2D eigenvalue weighted by molar-refractivity contribution is -0.147. The molecule has 1 fully saturated rings. The van der Waals surface area contributed by atoms with Crippen molar-refractivity contribution in [1.82, 2.24) is 15.6 Å². The fraction of sp³-hybridized carbons (Fsp3) is 0.353. The molecule has 3 rings (SSSR count). The smallest absolute Gasteiger partial charge is 0.347 e. The molecule has 4 atom stereocenters. The van der Waals surface area contributed by atoms with Gasteiger partial charge in [0.2, 0.25) is 5.91 Å². The number of amides is 3. The lowest BCUT2D eigenvalue weighted by atomic mass is 9.82. The van der Waals surface area contributed by atoms with E-state index in [0.29, 0.717) is 6.42 Å². The number of sulfonamides is 1. The fourth-order valence-corrected chi connectivity index (χ4v) is 4.55. The second-order valence-corrected chi connectivity index (χ2v) is 8.38. The van der Waals surface area contributed by atoms with Gasteiger partial charge in [0.15, 0.2) is 0 Å².